The van der Waals surface area contributed by atoms with Crippen molar-refractivity contribution in [1.82, 2.24) is 4.90 Å². The normalized spacial score (nSPS) is 17.6. The van der Waals surface area contributed by atoms with Crippen LogP contribution in [0, 0.1) is 5.92 Å². The van der Waals surface area contributed by atoms with Crippen LogP contribution < -0.4 is 0 Å². The van der Waals surface area contributed by atoms with Crippen LogP contribution in [-0.2, 0) is 9.63 Å². The Morgan fingerprint density at radius 3 is 2.71 bits per heavy atom. The van der Waals surface area contributed by atoms with Crippen LogP contribution in [0.1, 0.15) is 32.3 Å². The van der Waals surface area contributed by atoms with E-state index in [0.29, 0.717) is 30.3 Å². The molecule has 1 unspecified atom stereocenters. The molecule has 114 valence electrons. The number of amides is 1. The maximum absolute atomic E-state index is 11.9. The second-order valence-corrected chi connectivity index (χ2v) is 6.29. The molecule has 21 heavy (non-hydrogen) atoms. The zero-order valence-corrected chi connectivity index (χ0v) is 13.4. The van der Waals surface area contributed by atoms with Crippen molar-refractivity contribution in [2.75, 3.05) is 13.6 Å². The Balaban J connectivity index is 1.87. The molecule has 1 heterocycles. The number of carbonyl (C=O) groups is 1. The minimum absolute atomic E-state index is 0.0724. The summed E-state index contributed by atoms with van der Waals surface area (Å²) in [6.45, 7) is 4.64. The number of hydrogen-bond acceptors (Lipinski definition) is 3. The summed E-state index contributed by atoms with van der Waals surface area (Å²) >= 11 is 5.88. The summed E-state index contributed by atoms with van der Waals surface area (Å²) in [7, 11) is 1.81. The van der Waals surface area contributed by atoms with Gasteiger partial charge in [-0.25, -0.2) is 0 Å². The Kier molecular flexibility index (Phi) is 5.23. The molecule has 0 spiro atoms. The van der Waals surface area contributed by atoms with Gasteiger partial charge in [-0.1, -0.05) is 42.7 Å². The number of rotatable bonds is 5. The number of benzene rings is 1. The first-order valence-electron chi connectivity index (χ1n) is 7.18. The topological polar surface area (TPSA) is 41.9 Å². The maximum atomic E-state index is 11.9. The minimum Gasteiger partial charge on any atom is -0.390 e. The Hall–Kier alpha value is -1.55. The molecule has 2 rings (SSSR count). The fourth-order valence-corrected chi connectivity index (χ4v) is 2.38. The molecule has 0 aromatic heterocycles. The highest BCUT2D eigenvalue weighted by Crippen LogP contribution is 2.19. The van der Waals surface area contributed by atoms with Gasteiger partial charge in [0, 0.05) is 24.9 Å². The quantitative estimate of drug-likeness (QED) is 0.837. The van der Waals surface area contributed by atoms with Crippen LogP contribution in [0.3, 0.4) is 0 Å². The van der Waals surface area contributed by atoms with Gasteiger partial charge in [0.25, 0.3) is 0 Å². The molecular formula is C16H21ClN2O2. The monoisotopic (exact) mass is 308 g/mol. The third kappa shape index (κ3) is 4.46. The van der Waals surface area contributed by atoms with Gasteiger partial charge in [-0.3, -0.25) is 4.79 Å². The van der Waals surface area contributed by atoms with E-state index in [2.05, 4.69) is 5.16 Å². The molecule has 1 aliphatic rings. The first kappa shape index (κ1) is 15.8. The summed E-state index contributed by atoms with van der Waals surface area (Å²) < 4.78 is 0. The smallest absolute Gasteiger partial charge is 0.222 e. The molecule has 1 aromatic rings. The second kappa shape index (κ2) is 6.94. The molecule has 5 heteroatoms. The SMILES string of the molecule is CC(C)CC(=O)N(C)CC1CC(c2ccc(Cl)cc2)=NO1. The standard InChI is InChI=1S/C16H21ClN2O2/c1-11(2)8-16(20)19(3)10-14-9-15(18-21-14)12-4-6-13(17)7-5-12/h4-7,11,14H,8-10H2,1-3H3. The largest absolute Gasteiger partial charge is 0.390 e. The third-order valence-corrected chi connectivity index (χ3v) is 3.65. The number of hydrogen-bond donors (Lipinski definition) is 0. The summed E-state index contributed by atoms with van der Waals surface area (Å²) in [5.41, 5.74) is 1.92. The van der Waals surface area contributed by atoms with E-state index in [-0.39, 0.29) is 12.0 Å². The highest BCUT2D eigenvalue weighted by Gasteiger charge is 2.25. The lowest BCUT2D eigenvalue weighted by molar-refractivity contribution is -0.132. The van der Waals surface area contributed by atoms with Crippen molar-refractivity contribution < 1.29 is 9.63 Å². The van der Waals surface area contributed by atoms with Crippen molar-refractivity contribution >= 4 is 23.2 Å². The van der Waals surface area contributed by atoms with Gasteiger partial charge < -0.3 is 9.74 Å². The Labute approximate surface area is 130 Å². The Morgan fingerprint density at radius 2 is 2.10 bits per heavy atom. The molecule has 0 N–H and O–H groups in total. The number of likely N-dealkylation sites (N-methyl/N-ethyl adjacent to an activating group) is 1. The lowest BCUT2D eigenvalue weighted by atomic mass is 10.0. The van der Waals surface area contributed by atoms with Crippen molar-refractivity contribution in [2.24, 2.45) is 11.1 Å². The van der Waals surface area contributed by atoms with Crippen LogP contribution >= 0.6 is 11.6 Å². The van der Waals surface area contributed by atoms with E-state index in [9.17, 15) is 4.79 Å². The maximum Gasteiger partial charge on any atom is 0.222 e. The predicted octanol–water partition coefficient (Wildman–Crippen LogP) is 3.34. The molecule has 0 saturated carbocycles. The fraction of sp³-hybridized carbons (Fsp3) is 0.500. The molecule has 1 atom stereocenters. The summed E-state index contributed by atoms with van der Waals surface area (Å²) in [6, 6.07) is 7.54. The molecule has 0 saturated heterocycles. The number of carbonyl (C=O) groups excluding carboxylic acids is 1. The second-order valence-electron chi connectivity index (χ2n) is 5.85. The Morgan fingerprint density at radius 1 is 1.43 bits per heavy atom. The van der Waals surface area contributed by atoms with Gasteiger partial charge in [0.05, 0.1) is 12.3 Å². The highest BCUT2D eigenvalue weighted by molar-refractivity contribution is 6.30. The van der Waals surface area contributed by atoms with E-state index in [1.807, 2.05) is 45.2 Å². The van der Waals surface area contributed by atoms with Crippen LogP contribution in [0.2, 0.25) is 5.02 Å². The van der Waals surface area contributed by atoms with Gasteiger partial charge in [-0.05, 0) is 23.6 Å². The minimum atomic E-state index is -0.0724. The van der Waals surface area contributed by atoms with Crippen LogP contribution in [0.15, 0.2) is 29.4 Å². The van der Waals surface area contributed by atoms with E-state index in [0.717, 1.165) is 11.3 Å². The Bertz CT molecular complexity index is 526. The number of halogens is 1. The van der Waals surface area contributed by atoms with Gasteiger partial charge in [-0.2, -0.15) is 0 Å². The molecule has 0 bridgehead atoms. The van der Waals surface area contributed by atoms with E-state index < -0.39 is 0 Å². The molecular weight excluding hydrogens is 288 g/mol. The van der Waals surface area contributed by atoms with E-state index in [4.69, 9.17) is 16.4 Å². The van der Waals surface area contributed by atoms with Gasteiger partial charge >= 0.3 is 0 Å². The van der Waals surface area contributed by atoms with Gasteiger partial charge in [0.1, 0.15) is 0 Å². The summed E-state index contributed by atoms with van der Waals surface area (Å²) in [4.78, 5) is 19.1. The molecule has 0 fully saturated rings. The third-order valence-electron chi connectivity index (χ3n) is 3.40. The van der Waals surface area contributed by atoms with Crippen LogP contribution in [-0.4, -0.2) is 36.2 Å². The summed E-state index contributed by atoms with van der Waals surface area (Å²) in [6.07, 6.45) is 1.20. The van der Waals surface area contributed by atoms with E-state index in [1.165, 1.54) is 0 Å². The molecule has 1 aromatic carbocycles. The van der Waals surface area contributed by atoms with Gasteiger partial charge in [0.2, 0.25) is 5.91 Å². The van der Waals surface area contributed by atoms with Crippen LogP contribution in [0.25, 0.3) is 0 Å². The predicted molar refractivity (Wildman–Crippen MR) is 84.6 cm³/mol. The number of oxime groups is 1. The van der Waals surface area contributed by atoms with E-state index in [1.54, 1.807) is 4.90 Å². The average molecular weight is 309 g/mol. The lowest BCUT2D eigenvalue weighted by Gasteiger charge is -2.20. The van der Waals surface area contributed by atoms with Gasteiger partial charge in [0.15, 0.2) is 6.10 Å². The molecule has 1 amide bonds. The van der Waals surface area contributed by atoms with Gasteiger partial charge in [-0.15, -0.1) is 0 Å². The van der Waals surface area contributed by atoms with Crippen molar-refractivity contribution in [1.29, 1.82) is 0 Å². The van der Waals surface area contributed by atoms with Crippen molar-refractivity contribution in [3.05, 3.63) is 34.9 Å². The molecule has 0 radical (unpaired) electrons. The summed E-state index contributed by atoms with van der Waals surface area (Å²) in [5, 5.41) is 4.83. The fourth-order valence-electron chi connectivity index (χ4n) is 2.25. The zero-order chi connectivity index (χ0) is 15.4. The van der Waals surface area contributed by atoms with Crippen LogP contribution in [0.5, 0.6) is 0 Å². The lowest BCUT2D eigenvalue weighted by Crippen LogP contribution is -2.35. The number of nitrogens with zero attached hydrogens (tertiary/aromatic N) is 2. The molecule has 0 aliphatic carbocycles. The van der Waals surface area contributed by atoms with Crippen molar-refractivity contribution in [2.45, 2.75) is 32.8 Å². The van der Waals surface area contributed by atoms with Crippen molar-refractivity contribution in [3.63, 3.8) is 0 Å². The zero-order valence-electron chi connectivity index (χ0n) is 12.7. The average Bonchev–Trinajstić information content (AvgIpc) is 2.87. The van der Waals surface area contributed by atoms with E-state index >= 15 is 0 Å². The first-order chi connectivity index (χ1) is 9.95. The molecule has 4 nitrogen and oxygen atoms in total. The summed E-state index contributed by atoms with van der Waals surface area (Å²) in [5.74, 6) is 0.513. The van der Waals surface area contributed by atoms with Crippen molar-refractivity contribution in [3.8, 4) is 0 Å². The first-order valence-corrected chi connectivity index (χ1v) is 7.56. The van der Waals surface area contributed by atoms with Crippen LogP contribution in [0.4, 0.5) is 0 Å². The molecule has 1 aliphatic heterocycles. The highest BCUT2D eigenvalue weighted by atomic mass is 35.5.